The Kier molecular flexibility index (Phi) is 9.04. The third-order valence-electron chi connectivity index (χ3n) is 2.99. The smallest absolute Gasteiger partial charge is 0.191 e. The predicted molar refractivity (Wildman–Crippen MR) is 86.9 cm³/mol. The molecule has 0 saturated carbocycles. The SMILES string of the molecule is CCCCNC(=NC)NCc1ccc(OCCOC)cc1. The molecule has 0 fully saturated rings. The summed E-state index contributed by atoms with van der Waals surface area (Å²) in [6, 6.07) is 8.04. The van der Waals surface area contributed by atoms with Crippen molar-refractivity contribution in [1.82, 2.24) is 10.6 Å². The van der Waals surface area contributed by atoms with Crippen LogP contribution in [-0.2, 0) is 11.3 Å². The molecule has 0 aliphatic carbocycles. The molecule has 5 nitrogen and oxygen atoms in total. The molecule has 1 aromatic carbocycles. The first-order valence-electron chi connectivity index (χ1n) is 7.45. The van der Waals surface area contributed by atoms with E-state index in [1.165, 1.54) is 12.0 Å². The van der Waals surface area contributed by atoms with E-state index in [1.807, 2.05) is 12.1 Å². The van der Waals surface area contributed by atoms with Crippen molar-refractivity contribution in [3.05, 3.63) is 29.8 Å². The topological polar surface area (TPSA) is 54.9 Å². The van der Waals surface area contributed by atoms with Crippen LogP contribution in [0.15, 0.2) is 29.3 Å². The number of methoxy groups -OCH3 is 1. The van der Waals surface area contributed by atoms with Crippen LogP contribution in [-0.4, -0.2) is 39.9 Å². The largest absolute Gasteiger partial charge is 0.491 e. The fourth-order valence-electron chi connectivity index (χ4n) is 1.74. The van der Waals surface area contributed by atoms with Crippen LogP contribution in [0.1, 0.15) is 25.3 Å². The van der Waals surface area contributed by atoms with Crippen molar-refractivity contribution in [2.45, 2.75) is 26.3 Å². The highest BCUT2D eigenvalue weighted by Gasteiger charge is 1.99. The molecule has 1 aromatic rings. The Bertz CT molecular complexity index is 404. The van der Waals surface area contributed by atoms with E-state index in [4.69, 9.17) is 9.47 Å². The van der Waals surface area contributed by atoms with E-state index in [0.29, 0.717) is 13.2 Å². The maximum Gasteiger partial charge on any atom is 0.191 e. The van der Waals surface area contributed by atoms with Gasteiger partial charge in [-0.25, -0.2) is 0 Å². The van der Waals surface area contributed by atoms with E-state index in [-0.39, 0.29) is 0 Å². The maximum absolute atomic E-state index is 5.53. The summed E-state index contributed by atoms with van der Waals surface area (Å²) in [7, 11) is 3.45. The molecule has 5 heteroatoms. The van der Waals surface area contributed by atoms with E-state index < -0.39 is 0 Å². The molecule has 118 valence electrons. The first-order valence-corrected chi connectivity index (χ1v) is 7.45. The van der Waals surface area contributed by atoms with Gasteiger partial charge in [-0.05, 0) is 24.1 Å². The molecule has 0 aliphatic rings. The molecular weight excluding hydrogens is 266 g/mol. The zero-order valence-corrected chi connectivity index (χ0v) is 13.3. The Labute approximate surface area is 127 Å². The summed E-state index contributed by atoms with van der Waals surface area (Å²) in [5.74, 6) is 1.70. The number of unbranched alkanes of at least 4 members (excludes halogenated alkanes) is 1. The van der Waals surface area contributed by atoms with Crippen molar-refractivity contribution >= 4 is 5.96 Å². The van der Waals surface area contributed by atoms with Gasteiger partial charge in [0.1, 0.15) is 12.4 Å². The van der Waals surface area contributed by atoms with Gasteiger partial charge in [-0.1, -0.05) is 25.5 Å². The van der Waals surface area contributed by atoms with Gasteiger partial charge in [0, 0.05) is 27.2 Å². The van der Waals surface area contributed by atoms with Crippen LogP contribution in [0.25, 0.3) is 0 Å². The fraction of sp³-hybridized carbons (Fsp3) is 0.562. The van der Waals surface area contributed by atoms with E-state index in [2.05, 4.69) is 34.7 Å². The molecule has 0 atom stereocenters. The molecule has 0 amide bonds. The van der Waals surface area contributed by atoms with Crippen molar-refractivity contribution in [3.8, 4) is 5.75 Å². The summed E-state index contributed by atoms with van der Waals surface area (Å²) in [5, 5.41) is 6.58. The van der Waals surface area contributed by atoms with Gasteiger partial charge in [0.25, 0.3) is 0 Å². The molecule has 1 rings (SSSR count). The summed E-state index contributed by atoms with van der Waals surface area (Å²) in [6.07, 6.45) is 2.32. The second-order valence-electron chi connectivity index (χ2n) is 4.69. The van der Waals surface area contributed by atoms with Crippen LogP contribution in [0.3, 0.4) is 0 Å². The number of nitrogens with one attached hydrogen (secondary N) is 2. The lowest BCUT2D eigenvalue weighted by Crippen LogP contribution is -2.37. The summed E-state index contributed by atoms with van der Waals surface area (Å²) in [4.78, 5) is 4.20. The third kappa shape index (κ3) is 7.56. The van der Waals surface area contributed by atoms with Crippen LogP contribution < -0.4 is 15.4 Å². The molecule has 0 heterocycles. The first kappa shape index (κ1) is 17.3. The Morgan fingerprint density at radius 2 is 1.90 bits per heavy atom. The van der Waals surface area contributed by atoms with Crippen LogP contribution >= 0.6 is 0 Å². The van der Waals surface area contributed by atoms with Crippen molar-refractivity contribution in [1.29, 1.82) is 0 Å². The summed E-state index contributed by atoms with van der Waals surface area (Å²) in [5.41, 5.74) is 1.19. The number of hydrogen-bond acceptors (Lipinski definition) is 3. The third-order valence-corrected chi connectivity index (χ3v) is 2.99. The zero-order chi connectivity index (χ0) is 15.3. The van der Waals surface area contributed by atoms with E-state index in [1.54, 1.807) is 14.2 Å². The predicted octanol–water partition coefficient (Wildman–Crippen LogP) is 2.18. The highest BCUT2D eigenvalue weighted by molar-refractivity contribution is 5.79. The van der Waals surface area contributed by atoms with E-state index in [0.717, 1.165) is 31.2 Å². The Balaban J connectivity index is 2.34. The molecule has 0 radical (unpaired) electrons. The molecule has 0 saturated heterocycles. The minimum absolute atomic E-state index is 0.572. The van der Waals surface area contributed by atoms with Crippen LogP contribution in [0, 0.1) is 0 Å². The number of aliphatic imine (C=N–C) groups is 1. The van der Waals surface area contributed by atoms with Gasteiger partial charge in [0.05, 0.1) is 6.61 Å². The summed E-state index contributed by atoms with van der Waals surface area (Å²) >= 11 is 0. The molecule has 0 bridgehead atoms. The average molecular weight is 293 g/mol. The normalized spacial score (nSPS) is 11.3. The van der Waals surface area contributed by atoms with E-state index >= 15 is 0 Å². The molecule has 0 aromatic heterocycles. The molecule has 0 spiro atoms. The lowest BCUT2D eigenvalue weighted by Gasteiger charge is -2.12. The number of nitrogens with zero attached hydrogens (tertiary/aromatic N) is 1. The van der Waals surface area contributed by atoms with Gasteiger partial charge < -0.3 is 20.1 Å². The first-order chi connectivity index (χ1) is 10.3. The maximum atomic E-state index is 5.53. The Morgan fingerprint density at radius 1 is 1.14 bits per heavy atom. The van der Waals surface area contributed by atoms with Crippen LogP contribution in [0.5, 0.6) is 5.75 Å². The number of benzene rings is 1. The average Bonchev–Trinajstić information content (AvgIpc) is 2.52. The van der Waals surface area contributed by atoms with Gasteiger partial charge in [-0.15, -0.1) is 0 Å². The second-order valence-corrected chi connectivity index (χ2v) is 4.69. The molecule has 2 N–H and O–H groups in total. The molecule has 0 aliphatic heterocycles. The number of guanidine groups is 1. The highest BCUT2D eigenvalue weighted by atomic mass is 16.5. The van der Waals surface area contributed by atoms with Crippen molar-refractivity contribution in [2.24, 2.45) is 4.99 Å². The minimum atomic E-state index is 0.572. The van der Waals surface area contributed by atoms with E-state index in [9.17, 15) is 0 Å². The van der Waals surface area contributed by atoms with Gasteiger partial charge >= 0.3 is 0 Å². The standard InChI is InChI=1S/C16H27N3O2/c1-4-5-10-18-16(17-2)19-13-14-6-8-15(9-7-14)21-12-11-20-3/h6-9H,4-5,10-13H2,1-3H3,(H2,17,18,19). The molecule has 21 heavy (non-hydrogen) atoms. The quantitative estimate of drug-likeness (QED) is 0.416. The second kappa shape index (κ2) is 11.0. The summed E-state index contributed by atoms with van der Waals surface area (Å²) < 4.78 is 10.5. The van der Waals surface area contributed by atoms with Gasteiger partial charge in [-0.2, -0.15) is 0 Å². The number of ether oxygens (including phenoxy) is 2. The monoisotopic (exact) mass is 293 g/mol. The van der Waals surface area contributed by atoms with Gasteiger partial charge in [0.15, 0.2) is 5.96 Å². The Hall–Kier alpha value is -1.75. The number of hydrogen-bond donors (Lipinski definition) is 2. The Morgan fingerprint density at radius 3 is 2.52 bits per heavy atom. The minimum Gasteiger partial charge on any atom is -0.491 e. The van der Waals surface area contributed by atoms with Gasteiger partial charge in [-0.3, -0.25) is 4.99 Å². The molecular formula is C16H27N3O2. The summed E-state index contributed by atoms with van der Waals surface area (Å²) in [6.45, 7) is 5.03. The van der Waals surface area contributed by atoms with Crippen molar-refractivity contribution in [3.63, 3.8) is 0 Å². The van der Waals surface area contributed by atoms with Crippen molar-refractivity contribution < 1.29 is 9.47 Å². The number of rotatable bonds is 9. The van der Waals surface area contributed by atoms with Crippen LogP contribution in [0.4, 0.5) is 0 Å². The van der Waals surface area contributed by atoms with Crippen molar-refractivity contribution in [2.75, 3.05) is 33.9 Å². The fourth-order valence-corrected chi connectivity index (χ4v) is 1.74. The zero-order valence-electron chi connectivity index (χ0n) is 13.3. The molecule has 0 unspecified atom stereocenters. The van der Waals surface area contributed by atoms with Crippen LogP contribution in [0.2, 0.25) is 0 Å². The lowest BCUT2D eigenvalue weighted by molar-refractivity contribution is 0.146. The van der Waals surface area contributed by atoms with Gasteiger partial charge in [0.2, 0.25) is 0 Å². The highest BCUT2D eigenvalue weighted by Crippen LogP contribution is 2.11. The lowest BCUT2D eigenvalue weighted by atomic mass is 10.2.